The number of rotatable bonds is 8. The zero-order valence-corrected chi connectivity index (χ0v) is 19.7. The summed E-state index contributed by atoms with van der Waals surface area (Å²) in [7, 11) is 1.61. The lowest BCUT2D eigenvalue weighted by Gasteiger charge is -2.07. The summed E-state index contributed by atoms with van der Waals surface area (Å²) in [5.41, 5.74) is 3.25. The number of aromatic nitrogens is 3. The number of aryl methyl sites for hydroxylation is 1. The molecule has 0 bridgehead atoms. The van der Waals surface area contributed by atoms with Gasteiger partial charge in [0.1, 0.15) is 16.5 Å². The fourth-order valence-corrected chi connectivity index (χ4v) is 4.34. The quantitative estimate of drug-likeness (QED) is 0.389. The number of carbonyl (C=O) groups excluding carboxylic acids is 1. The molecule has 1 amide bonds. The Hall–Kier alpha value is -4.04. The molecule has 0 spiro atoms. The molecule has 0 fully saturated rings. The Labute approximate surface area is 201 Å². The van der Waals surface area contributed by atoms with E-state index in [4.69, 9.17) is 4.74 Å². The maximum absolute atomic E-state index is 12.3. The van der Waals surface area contributed by atoms with Crippen LogP contribution in [0.1, 0.15) is 11.3 Å². The minimum Gasteiger partial charge on any atom is -0.497 e. The molecule has 0 saturated carbocycles. The molecule has 2 aromatic carbocycles. The normalized spacial score (nSPS) is 11.0. The molecule has 7 nitrogen and oxygen atoms in total. The van der Waals surface area contributed by atoms with E-state index in [1.54, 1.807) is 30.6 Å². The van der Waals surface area contributed by atoms with Gasteiger partial charge in [-0.1, -0.05) is 42.5 Å². The molecule has 2 heterocycles. The number of carbonyl (C=O) groups is 1. The number of hydrogen-bond donors (Lipinski definition) is 1. The van der Waals surface area contributed by atoms with Crippen molar-refractivity contribution in [2.45, 2.75) is 13.5 Å². The minimum atomic E-state index is -0.245. The van der Waals surface area contributed by atoms with E-state index in [-0.39, 0.29) is 24.6 Å². The third kappa shape index (κ3) is 5.65. The molecule has 2 aromatic heterocycles. The third-order valence-corrected chi connectivity index (χ3v) is 6.31. The van der Waals surface area contributed by atoms with E-state index in [1.807, 2.05) is 61.5 Å². The second-order valence-corrected chi connectivity index (χ2v) is 8.48. The summed E-state index contributed by atoms with van der Waals surface area (Å²) in [4.78, 5) is 30.0. The first-order chi connectivity index (χ1) is 16.5. The predicted molar refractivity (Wildman–Crippen MR) is 135 cm³/mol. The van der Waals surface area contributed by atoms with Gasteiger partial charge in [0.2, 0.25) is 5.91 Å². The Morgan fingerprint density at radius 2 is 1.85 bits per heavy atom. The van der Waals surface area contributed by atoms with Crippen molar-refractivity contribution in [1.29, 1.82) is 0 Å². The molecule has 0 unspecified atom stereocenters. The maximum Gasteiger partial charge on any atom is 0.266 e. The van der Waals surface area contributed by atoms with E-state index in [0.29, 0.717) is 5.69 Å². The highest BCUT2D eigenvalue weighted by atomic mass is 32.1. The van der Waals surface area contributed by atoms with Gasteiger partial charge >= 0.3 is 0 Å². The lowest BCUT2D eigenvalue weighted by Crippen LogP contribution is -2.31. The molecule has 0 atom stereocenters. The van der Waals surface area contributed by atoms with E-state index in [9.17, 15) is 9.59 Å². The number of methoxy groups -OCH3 is 1. The number of amides is 1. The molecule has 0 radical (unpaired) electrons. The molecule has 0 aliphatic heterocycles. The maximum atomic E-state index is 12.3. The van der Waals surface area contributed by atoms with Crippen molar-refractivity contribution in [3.8, 4) is 26.9 Å². The highest BCUT2D eigenvalue weighted by molar-refractivity contribution is 7.18. The van der Waals surface area contributed by atoms with Crippen molar-refractivity contribution in [1.82, 2.24) is 20.1 Å². The zero-order chi connectivity index (χ0) is 23.9. The van der Waals surface area contributed by atoms with Crippen molar-refractivity contribution >= 4 is 23.3 Å². The van der Waals surface area contributed by atoms with Gasteiger partial charge in [-0.15, -0.1) is 11.3 Å². The van der Waals surface area contributed by atoms with Crippen LogP contribution in [0.5, 0.6) is 5.75 Å². The molecule has 0 aliphatic carbocycles. The van der Waals surface area contributed by atoms with Crippen LogP contribution in [0.15, 0.2) is 77.6 Å². The number of nitrogens with zero attached hydrogens (tertiary/aromatic N) is 3. The van der Waals surface area contributed by atoms with E-state index < -0.39 is 0 Å². The van der Waals surface area contributed by atoms with Crippen molar-refractivity contribution in [3.05, 3.63) is 94.4 Å². The predicted octanol–water partition coefficient (Wildman–Crippen LogP) is 4.18. The number of nitrogens with one attached hydrogen (secondary N) is 1. The Morgan fingerprint density at radius 3 is 2.59 bits per heavy atom. The molecular weight excluding hydrogens is 448 g/mol. The van der Waals surface area contributed by atoms with Gasteiger partial charge in [-0.2, -0.15) is 5.10 Å². The van der Waals surface area contributed by atoms with Crippen molar-refractivity contribution in [2.24, 2.45) is 0 Å². The topological polar surface area (TPSA) is 86.1 Å². The average Bonchev–Trinajstić information content (AvgIpc) is 3.26. The molecule has 34 heavy (non-hydrogen) atoms. The lowest BCUT2D eigenvalue weighted by atomic mass is 10.2. The second kappa shape index (κ2) is 10.7. The summed E-state index contributed by atoms with van der Waals surface area (Å²) in [6.07, 6.45) is 3.18. The van der Waals surface area contributed by atoms with E-state index >= 15 is 0 Å². The van der Waals surface area contributed by atoms with Crippen LogP contribution in [0, 0.1) is 6.92 Å². The fourth-order valence-electron chi connectivity index (χ4n) is 3.30. The molecule has 0 aliphatic rings. The van der Waals surface area contributed by atoms with Crippen LogP contribution in [0.2, 0.25) is 0 Å². The number of thiazole rings is 1. The summed E-state index contributed by atoms with van der Waals surface area (Å²) in [6, 6.07) is 20.5. The summed E-state index contributed by atoms with van der Waals surface area (Å²) < 4.78 is 6.49. The molecular formula is C26H24N4O3S. The van der Waals surface area contributed by atoms with Gasteiger partial charge < -0.3 is 10.1 Å². The third-order valence-electron chi connectivity index (χ3n) is 5.08. The van der Waals surface area contributed by atoms with Crippen LogP contribution in [0.4, 0.5) is 0 Å². The number of benzene rings is 2. The fraction of sp³-hybridized carbons (Fsp3) is 0.154. The summed E-state index contributed by atoms with van der Waals surface area (Å²) in [6.45, 7) is 2.47. The number of hydrogen-bond acceptors (Lipinski definition) is 6. The van der Waals surface area contributed by atoms with Crippen molar-refractivity contribution in [3.63, 3.8) is 0 Å². The first-order valence-corrected chi connectivity index (χ1v) is 11.6. The van der Waals surface area contributed by atoms with Crippen LogP contribution in [0.3, 0.4) is 0 Å². The van der Waals surface area contributed by atoms with Crippen LogP contribution in [0.25, 0.3) is 27.2 Å². The Morgan fingerprint density at radius 1 is 1.09 bits per heavy atom. The van der Waals surface area contributed by atoms with Crippen molar-refractivity contribution in [2.75, 3.05) is 13.7 Å². The van der Waals surface area contributed by atoms with Gasteiger partial charge in [0.15, 0.2) is 0 Å². The van der Waals surface area contributed by atoms with Gasteiger partial charge in [-0.3, -0.25) is 9.59 Å². The highest BCUT2D eigenvalue weighted by Crippen LogP contribution is 2.33. The first kappa shape index (κ1) is 23.1. The highest BCUT2D eigenvalue weighted by Gasteiger charge is 2.13. The molecule has 4 aromatic rings. The number of ether oxygens (including phenoxy) is 1. The van der Waals surface area contributed by atoms with Gasteiger partial charge in [-0.25, -0.2) is 9.67 Å². The molecule has 0 saturated heterocycles. The monoisotopic (exact) mass is 472 g/mol. The van der Waals surface area contributed by atoms with E-state index in [1.165, 1.54) is 16.8 Å². The summed E-state index contributed by atoms with van der Waals surface area (Å²) >= 11 is 1.54. The molecule has 4 rings (SSSR count). The largest absolute Gasteiger partial charge is 0.497 e. The molecule has 172 valence electrons. The minimum absolute atomic E-state index is 0.225. The van der Waals surface area contributed by atoms with Crippen LogP contribution >= 0.6 is 11.3 Å². The second-order valence-electron chi connectivity index (χ2n) is 7.48. The standard InChI is InChI=1S/C26H24N4O3S/c1-18-25(34-26(28-18)20-6-4-3-5-7-20)22-13-15-24(32)30(29-22)17-16-27-23(31)14-10-19-8-11-21(33-2)12-9-19/h3-15H,16-17H2,1-2H3,(H,27,31)/b14-10+. The Kier molecular flexibility index (Phi) is 7.29. The van der Waals surface area contributed by atoms with Crippen LogP contribution in [-0.4, -0.2) is 34.3 Å². The van der Waals surface area contributed by atoms with Crippen LogP contribution < -0.4 is 15.6 Å². The van der Waals surface area contributed by atoms with Gasteiger partial charge in [0.05, 0.1) is 24.2 Å². The van der Waals surface area contributed by atoms with E-state index in [2.05, 4.69) is 15.4 Å². The summed E-state index contributed by atoms with van der Waals surface area (Å²) in [5.74, 6) is 0.511. The van der Waals surface area contributed by atoms with Crippen molar-refractivity contribution < 1.29 is 9.53 Å². The zero-order valence-electron chi connectivity index (χ0n) is 18.9. The van der Waals surface area contributed by atoms with E-state index in [0.717, 1.165) is 32.5 Å². The van der Waals surface area contributed by atoms with Crippen LogP contribution in [-0.2, 0) is 11.3 Å². The smallest absolute Gasteiger partial charge is 0.266 e. The molecule has 1 N–H and O–H groups in total. The van der Waals surface area contributed by atoms with Gasteiger partial charge in [0, 0.05) is 24.3 Å². The molecule has 8 heteroatoms. The van der Waals surface area contributed by atoms with Gasteiger partial charge in [0.25, 0.3) is 5.56 Å². The Bertz CT molecular complexity index is 1360. The summed E-state index contributed by atoms with van der Waals surface area (Å²) in [5, 5.41) is 8.20. The van der Waals surface area contributed by atoms with Gasteiger partial charge in [-0.05, 0) is 36.8 Å². The Balaban J connectivity index is 1.40. The lowest BCUT2D eigenvalue weighted by molar-refractivity contribution is -0.116. The SMILES string of the molecule is COc1ccc(/C=C/C(=O)NCCn2nc(-c3sc(-c4ccccc4)nc3C)ccc2=O)cc1. The first-order valence-electron chi connectivity index (χ1n) is 10.7. The average molecular weight is 473 g/mol.